The summed E-state index contributed by atoms with van der Waals surface area (Å²) in [5, 5.41) is 7.78. The highest BCUT2D eigenvalue weighted by Crippen LogP contribution is 2.21. The first-order chi connectivity index (χ1) is 10.7. The highest BCUT2D eigenvalue weighted by molar-refractivity contribution is 6.30. The van der Waals surface area contributed by atoms with Crippen molar-refractivity contribution in [3.8, 4) is 0 Å². The van der Waals surface area contributed by atoms with Crippen LogP contribution in [0.3, 0.4) is 0 Å². The fraction of sp³-hybridized carbons (Fsp3) is 0. The van der Waals surface area contributed by atoms with E-state index in [-0.39, 0.29) is 0 Å². The molecule has 0 unspecified atom stereocenters. The largest absolute Gasteiger partial charge is 0.340 e. The number of rotatable bonds is 4. The van der Waals surface area contributed by atoms with E-state index in [1.54, 1.807) is 0 Å². The molecular formula is C16H12Cl2N4. The highest BCUT2D eigenvalue weighted by atomic mass is 35.5. The topological polar surface area (TPSA) is 49.8 Å². The van der Waals surface area contributed by atoms with Crippen molar-refractivity contribution >= 4 is 46.2 Å². The molecule has 2 aromatic carbocycles. The van der Waals surface area contributed by atoms with Gasteiger partial charge in [-0.3, -0.25) is 0 Å². The van der Waals surface area contributed by atoms with E-state index in [9.17, 15) is 0 Å². The SMILES string of the molecule is Clc1ccc(Nc2cc(Nc3ccc(Cl)cc3)ncn2)cc1. The molecule has 0 spiro atoms. The molecule has 0 saturated carbocycles. The molecule has 2 N–H and O–H groups in total. The molecule has 0 aliphatic carbocycles. The van der Waals surface area contributed by atoms with Gasteiger partial charge >= 0.3 is 0 Å². The van der Waals surface area contributed by atoms with Gasteiger partial charge in [0.15, 0.2) is 0 Å². The second kappa shape index (κ2) is 6.64. The molecular weight excluding hydrogens is 319 g/mol. The molecule has 1 aromatic heterocycles. The van der Waals surface area contributed by atoms with E-state index in [4.69, 9.17) is 23.2 Å². The summed E-state index contributed by atoms with van der Waals surface area (Å²) in [7, 11) is 0. The van der Waals surface area contributed by atoms with Gasteiger partial charge in [-0.1, -0.05) is 23.2 Å². The van der Waals surface area contributed by atoms with Gasteiger partial charge in [0.1, 0.15) is 18.0 Å². The Kier molecular flexibility index (Phi) is 4.42. The van der Waals surface area contributed by atoms with Gasteiger partial charge in [-0.05, 0) is 48.5 Å². The summed E-state index contributed by atoms with van der Waals surface area (Å²) in [6.45, 7) is 0. The molecule has 110 valence electrons. The lowest BCUT2D eigenvalue weighted by molar-refractivity contribution is 1.17. The average molecular weight is 331 g/mol. The van der Waals surface area contributed by atoms with Gasteiger partial charge in [0.05, 0.1) is 0 Å². The van der Waals surface area contributed by atoms with Gasteiger partial charge in [-0.15, -0.1) is 0 Å². The third-order valence-corrected chi connectivity index (χ3v) is 3.40. The summed E-state index contributed by atoms with van der Waals surface area (Å²) in [4.78, 5) is 8.39. The highest BCUT2D eigenvalue weighted by Gasteiger charge is 2.01. The number of benzene rings is 2. The smallest absolute Gasteiger partial charge is 0.135 e. The van der Waals surface area contributed by atoms with Crippen LogP contribution >= 0.6 is 23.2 Å². The van der Waals surface area contributed by atoms with E-state index in [1.807, 2.05) is 54.6 Å². The first kappa shape index (κ1) is 14.6. The van der Waals surface area contributed by atoms with Crippen LogP contribution in [0.2, 0.25) is 10.0 Å². The molecule has 0 bridgehead atoms. The Morgan fingerprint density at radius 1 is 0.636 bits per heavy atom. The van der Waals surface area contributed by atoms with Gasteiger partial charge in [0, 0.05) is 27.5 Å². The normalized spacial score (nSPS) is 10.3. The van der Waals surface area contributed by atoms with Gasteiger partial charge in [-0.25, -0.2) is 9.97 Å². The molecule has 0 fully saturated rings. The van der Waals surface area contributed by atoms with Crippen molar-refractivity contribution in [3.05, 3.63) is 71.0 Å². The third kappa shape index (κ3) is 3.87. The minimum atomic E-state index is 0.689. The maximum atomic E-state index is 5.87. The lowest BCUT2D eigenvalue weighted by atomic mass is 10.3. The zero-order valence-corrected chi connectivity index (χ0v) is 12.9. The molecule has 0 radical (unpaired) electrons. The number of nitrogens with one attached hydrogen (secondary N) is 2. The molecule has 3 aromatic rings. The van der Waals surface area contributed by atoms with E-state index < -0.39 is 0 Å². The fourth-order valence-electron chi connectivity index (χ4n) is 1.86. The van der Waals surface area contributed by atoms with Crippen molar-refractivity contribution in [1.82, 2.24) is 9.97 Å². The van der Waals surface area contributed by atoms with Crippen LogP contribution in [0.25, 0.3) is 0 Å². The Morgan fingerprint density at radius 2 is 1.05 bits per heavy atom. The van der Waals surface area contributed by atoms with E-state index in [2.05, 4.69) is 20.6 Å². The summed E-state index contributed by atoms with van der Waals surface area (Å²) >= 11 is 11.7. The van der Waals surface area contributed by atoms with Crippen LogP contribution < -0.4 is 10.6 Å². The van der Waals surface area contributed by atoms with Crippen molar-refractivity contribution < 1.29 is 0 Å². The van der Waals surface area contributed by atoms with Gasteiger partial charge in [0.2, 0.25) is 0 Å². The summed E-state index contributed by atoms with van der Waals surface area (Å²) < 4.78 is 0. The van der Waals surface area contributed by atoms with Crippen LogP contribution in [-0.2, 0) is 0 Å². The third-order valence-electron chi connectivity index (χ3n) is 2.90. The molecule has 3 rings (SSSR count). The van der Waals surface area contributed by atoms with Crippen LogP contribution in [0.15, 0.2) is 60.9 Å². The summed E-state index contributed by atoms with van der Waals surface area (Å²) in [6.07, 6.45) is 1.50. The zero-order valence-electron chi connectivity index (χ0n) is 11.4. The Labute approximate surface area is 138 Å². The molecule has 22 heavy (non-hydrogen) atoms. The lowest BCUT2D eigenvalue weighted by Crippen LogP contribution is -1.98. The molecule has 1 heterocycles. The Bertz CT molecular complexity index is 695. The lowest BCUT2D eigenvalue weighted by Gasteiger charge is -2.09. The minimum absolute atomic E-state index is 0.689. The quantitative estimate of drug-likeness (QED) is 0.684. The molecule has 4 nitrogen and oxygen atoms in total. The van der Waals surface area contributed by atoms with Crippen molar-refractivity contribution in [2.24, 2.45) is 0 Å². The predicted octanol–water partition coefficient (Wildman–Crippen LogP) is 5.27. The second-order valence-corrected chi connectivity index (χ2v) is 5.43. The van der Waals surface area contributed by atoms with E-state index in [1.165, 1.54) is 6.33 Å². The number of aromatic nitrogens is 2. The summed E-state index contributed by atoms with van der Waals surface area (Å²) in [5.41, 5.74) is 1.81. The van der Waals surface area contributed by atoms with Crippen molar-refractivity contribution in [3.63, 3.8) is 0 Å². The maximum Gasteiger partial charge on any atom is 0.135 e. The van der Waals surface area contributed by atoms with Crippen LogP contribution in [-0.4, -0.2) is 9.97 Å². The molecule has 0 saturated heterocycles. The molecule has 0 aliphatic rings. The average Bonchev–Trinajstić information content (AvgIpc) is 2.52. The first-order valence-corrected chi connectivity index (χ1v) is 7.32. The van der Waals surface area contributed by atoms with E-state index >= 15 is 0 Å². The van der Waals surface area contributed by atoms with E-state index in [0.717, 1.165) is 11.4 Å². The number of halogens is 2. The number of hydrogen-bond acceptors (Lipinski definition) is 4. The Morgan fingerprint density at radius 3 is 1.45 bits per heavy atom. The Hall–Kier alpha value is -2.30. The second-order valence-electron chi connectivity index (χ2n) is 4.55. The molecule has 0 atom stereocenters. The van der Waals surface area contributed by atoms with Gasteiger partial charge < -0.3 is 10.6 Å². The number of hydrogen-bond donors (Lipinski definition) is 2. The van der Waals surface area contributed by atoms with Crippen molar-refractivity contribution in [1.29, 1.82) is 0 Å². The number of nitrogens with zero attached hydrogens (tertiary/aromatic N) is 2. The van der Waals surface area contributed by atoms with Crippen LogP contribution in [0.5, 0.6) is 0 Å². The maximum absolute atomic E-state index is 5.87. The van der Waals surface area contributed by atoms with E-state index in [0.29, 0.717) is 21.7 Å². The van der Waals surface area contributed by atoms with Crippen molar-refractivity contribution in [2.45, 2.75) is 0 Å². The summed E-state index contributed by atoms with van der Waals surface area (Å²) in [6, 6.07) is 16.6. The Balaban J connectivity index is 1.74. The van der Waals surface area contributed by atoms with Crippen LogP contribution in [0.4, 0.5) is 23.0 Å². The zero-order chi connectivity index (χ0) is 15.4. The molecule has 0 amide bonds. The van der Waals surface area contributed by atoms with Gasteiger partial charge in [0.25, 0.3) is 0 Å². The van der Waals surface area contributed by atoms with Crippen LogP contribution in [0, 0.1) is 0 Å². The predicted molar refractivity (Wildman–Crippen MR) is 91.5 cm³/mol. The van der Waals surface area contributed by atoms with Crippen LogP contribution in [0.1, 0.15) is 0 Å². The standard InChI is InChI=1S/C16H12Cl2N4/c17-11-1-5-13(6-2-11)21-15-9-16(20-10-19-15)22-14-7-3-12(18)4-8-14/h1-10H,(H2,19,20,21,22). The monoisotopic (exact) mass is 330 g/mol. The molecule has 0 aliphatic heterocycles. The fourth-order valence-corrected chi connectivity index (χ4v) is 2.11. The first-order valence-electron chi connectivity index (χ1n) is 6.56. The minimum Gasteiger partial charge on any atom is -0.340 e. The summed E-state index contributed by atoms with van der Waals surface area (Å²) in [5.74, 6) is 1.38. The van der Waals surface area contributed by atoms with Gasteiger partial charge in [-0.2, -0.15) is 0 Å². The molecule has 6 heteroatoms. The van der Waals surface area contributed by atoms with Crippen molar-refractivity contribution in [2.75, 3.05) is 10.6 Å². The number of anilines is 4.